The summed E-state index contributed by atoms with van der Waals surface area (Å²) in [5.41, 5.74) is 8.33. The van der Waals surface area contributed by atoms with E-state index in [1.807, 2.05) is 6.92 Å². The van der Waals surface area contributed by atoms with Crippen LogP contribution < -0.4 is 11.1 Å². The Morgan fingerprint density at radius 1 is 1.22 bits per heavy atom. The number of hydrogen-bond acceptors (Lipinski definition) is 5. The molecular formula is C19H19Cl2FN4O. The molecule has 3 rings (SSSR count). The van der Waals surface area contributed by atoms with Gasteiger partial charge in [0.25, 0.3) is 0 Å². The Bertz CT molecular complexity index is 952. The van der Waals surface area contributed by atoms with Gasteiger partial charge in [0.2, 0.25) is 0 Å². The molecule has 142 valence electrons. The predicted molar refractivity (Wildman–Crippen MR) is 107 cm³/mol. The molecule has 1 atom stereocenters. The minimum absolute atomic E-state index is 0.0150. The van der Waals surface area contributed by atoms with Crippen molar-refractivity contribution in [3.8, 4) is 0 Å². The van der Waals surface area contributed by atoms with E-state index >= 15 is 0 Å². The molecule has 3 aromatic rings. The summed E-state index contributed by atoms with van der Waals surface area (Å²) < 4.78 is 20.4. The molecular weight excluding hydrogens is 390 g/mol. The molecule has 2 heterocycles. The highest BCUT2D eigenvalue weighted by Crippen LogP contribution is 2.32. The van der Waals surface area contributed by atoms with Crippen LogP contribution in [0.3, 0.4) is 0 Å². The standard InChI is InChI=1S/C19H19Cl2FN4O/c1-11(23)7-9-27-10-12-2-3-13(20)17(22)18(12)25-15-6-8-24-14-4-5-16(21)26-19(14)15/h2-6,8,11H,7,9-10,23H2,1H3,(H,24,25). The van der Waals surface area contributed by atoms with Gasteiger partial charge in [-0.2, -0.15) is 0 Å². The van der Waals surface area contributed by atoms with Crippen LogP contribution in [0, 0.1) is 5.82 Å². The van der Waals surface area contributed by atoms with Gasteiger partial charge < -0.3 is 15.8 Å². The number of pyridine rings is 2. The monoisotopic (exact) mass is 408 g/mol. The van der Waals surface area contributed by atoms with Crippen molar-refractivity contribution >= 4 is 45.6 Å². The van der Waals surface area contributed by atoms with E-state index in [2.05, 4.69) is 15.3 Å². The van der Waals surface area contributed by atoms with Crippen LogP contribution in [0.2, 0.25) is 10.2 Å². The third kappa shape index (κ3) is 4.84. The highest BCUT2D eigenvalue weighted by atomic mass is 35.5. The quantitative estimate of drug-likeness (QED) is 0.421. The fraction of sp³-hybridized carbons (Fsp3) is 0.263. The van der Waals surface area contributed by atoms with E-state index in [1.54, 1.807) is 30.5 Å². The molecule has 1 aromatic carbocycles. The van der Waals surface area contributed by atoms with E-state index in [1.165, 1.54) is 6.07 Å². The van der Waals surface area contributed by atoms with E-state index in [0.717, 1.165) is 6.42 Å². The van der Waals surface area contributed by atoms with Crippen LogP contribution in [0.4, 0.5) is 15.8 Å². The van der Waals surface area contributed by atoms with Crippen LogP contribution in [0.15, 0.2) is 36.5 Å². The van der Waals surface area contributed by atoms with Gasteiger partial charge in [0.1, 0.15) is 10.7 Å². The maximum absolute atomic E-state index is 14.7. The zero-order chi connectivity index (χ0) is 19.4. The maximum atomic E-state index is 14.7. The molecule has 0 fully saturated rings. The molecule has 0 amide bonds. The van der Waals surface area contributed by atoms with E-state index in [4.69, 9.17) is 33.7 Å². The van der Waals surface area contributed by atoms with Crippen molar-refractivity contribution in [1.29, 1.82) is 0 Å². The second kappa shape index (κ2) is 8.80. The molecule has 8 heteroatoms. The lowest BCUT2D eigenvalue weighted by atomic mass is 10.1. The van der Waals surface area contributed by atoms with Gasteiger partial charge in [0.15, 0.2) is 5.82 Å². The Balaban J connectivity index is 1.92. The highest BCUT2D eigenvalue weighted by Gasteiger charge is 2.15. The van der Waals surface area contributed by atoms with Crippen molar-refractivity contribution in [2.24, 2.45) is 5.73 Å². The topological polar surface area (TPSA) is 73.1 Å². The molecule has 3 N–H and O–H groups in total. The normalized spacial score (nSPS) is 12.3. The van der Waals surface area contributed by atoms with Gasteiger partial charge >= 0.3 is 0 Å². The summed E-state index contributed by atoms with van der Waals surface area (Å²) in [4.78, 5) is 8.53. The van der Waals surface area contributed by atoms with Crippen LogP contribution in [0.25, 0.3) is 11.0 Å². The first kappa shape index (κ1) is 19.8. The minimum atomic E-state index is -0.558. The van der Waals surface area contributed by atoms with Crippen molar-refractivity contribution in [3.63, 3.8) is 0 Å². The molecule has 0 aliphatic heterocycles. The van der Waals surface area contributed by atoms with Crippen molar-refractivity contribution in [1.82, 2.24) is 9.97 Å². The summed E-state index contributed by atoms with van der Waals surface area (Å²) in [6, 6.07) is 8.38. The highest BCUT2D eigenvalue weighted by molar-refractivity contribution is 6.31. The zero-order valence-electron chi connectivity index (χ0n) is 14.7. The second-order valence-corrected chi connectivity index (χ2v) is 6.99. The summed E-state index contributed by atoms with van der Waals surface area (Å²) >= 11 is 12.0. The summed E-state index contributed by atoms with van der Waals surface area (Å²) in [6.45, 7) is 2.61. The summed E-state index contributed by atoms with van der Waals surface area (Å²) in [5.74, 6) is -0.558. The number of nitrogens with zero attached hydrogens (tertiary/aromatic N) is 2. The number of benzene rings is 1. The lowest BCUT2D eigenvalue weighted by Crippen LogP contribution is -2.17. The van der Waals surface area contributed by atoms with Crippen molar-refractivity contribution in [2.75, 3.05) is 11.9 Å². The van der Waals surface area contributed by atoms with Gasteiger partial charge in [-0.1, -0.05) is 29.3 Å². The number of nitrogens with one attached hydrogen (secondary N) is 1. The number of halogens is 3. The zero-order valence-corrected chi connectivity index (χ0v) is 16.2. The predicted octanol–water partition coefficient (Wildman–Crippen LogP) is 5.07. The lowest BCUT2D eigenvalue weighted by Gasteiger charge is -2.16. The number of nitrogens with two attached hydrogens (primary N) is 1. The van der Waals surface area contributed by atoms with Crippen LogP contribution in [0.5, 0.6) is 0 Å². The van der Waals surface area contributed by atoms with Crippen molar-refractivity contribution in [3.05, 3.63) is 58.1 Å². The number of anilines is 2. The van der Waals surface area contributed by atoms with Crippen LogP contribution in [-0.4, -0.2) is 22.6 Å². The van der Waals surface area contributed by atoms with Gasteiger partial charge in [-0.05, 0) is 37.6 Å². The van der Waals surface area contributed by atoms with Crippen LogP contribution >= 0.6 is 23.2 Å². The maximum Gasteiger partial charge on any atom is 0.165 e. The van der Waals surface area contributed by atoms with Crippen molar-refractivity contribution in [2.45, 2.75) is 26.0 Å². The Labute approximate surface area is 166 Å². The third-order valence-electron chi connectivity index (χ3n) is 3.97. The van der Waals surface area contributed by atoms with Crippen LogP contribution in [-0.2, 0) is 11.3 Å². The first-order chi connectivity index (χ1) is 13.0. The van der Waals surface area contributed by atoms with Gasteiger partial charge in [-0.3, -0.25) is 4.98 Å². The number of rotatable bonds is 7. The second-order valence-electron chi connectivity index (χ2n) is 6.20. The Morgan fingerprint density at radius 2 is 2.04 bits per heavy atom. The average Bonchev–Trinajstić information content (AvgIpc) is 2.64. The Morgan fingerprint density at radius 3 is 2.81 bits per heavy atom. The number of ether oxygens (including phenoxy) is 1. The Kier molecular flexibility index (Phi) is 6.44. The van der Waals surface area contributed by atoms with E-state index in [9.17, 15) is 4.39 Å². The van der Waals surface area contributed by atoms with Gasteiger partial charge in [0.05, 0.1) is 28.5 Å². The van der Waals surface area contributed by atoms with E-state index in [-0.39, 0.29) is 23.4 Å². The molecule has 0 spiro atoms. The molecule has 0 bridgehead atoms. The fourth-order valence-corrected chi connectivity index (χ4v) is 2.84. The van der Waals surface area contributed by atoms with Gasteiger partial charge in [-0.15, -0.1) is 0 Å². The molecule has 5 nitrogen and oxygen atoms in total. The molecule has 27 heavy (non-hydrogen) atoms. The summed E-state index contributed by atoms with van der Waals surface area (Å²) in [5, 5.41) is 3.41. The van der Waals surface area contributed by atoms with E-state index in [0.29, 0.717) is 34.0 Å². The number of fused-ring (bicyclic) bond motifs is 1. The average molecular weight is 409 g/mol. The third-order valence-corrected chi connectivity index (χ3v) is 4.47. The Hall–Kier alpha value is -1.99. The SMILES string of the molecule is CC(N)CCOCc1ccc(Cl)c(F)c1Nc1ccnc2ccc(Cl)nc12. The minimum Gasteiger partial charge on any atom is -0.377 e. The lowest BCUT2D eigenvalue weighted by molar-refractivity contribution is 0.115. The molecule has 0 saturated heterocycles. The molecule has 0 radical (unpaired) electrons. The summed E-state index contributed by atoms with van der Waals surface area (Å²) in [7, 11) is 0. The first-order valence-electron chi connectivity index (χ1n) is 8.44. The fourth-order valence-electron chi connectivity index (χ4n) is 2.53. The number of aromatic nitrogens is 2. The molecule has 0 aliphatic rings. The number of hydrogen-bond donors (Lipinski definition) is 2. The van der Waals surface area contributed by atoms with Gasteiger partial charge in [0, 0.05) is 24.4 Å². The largest absolute Gasteiger partial charge is 0.377 e. The smallest absolute Gasteiger partial charge is 0.165 e. The van der Waals surface area contributed by atoms with Gasteiger partial charge in [-0.25, -0.2) is 9.37 Å². The molecule has 1 unspecified atom stereocenters. The summed E-state index contributed by atoms with van der Waals surface area (Å²) in [6.07, 6.45) is 2.33. The van der Waals surface area contributed by atoms with Crippen LogP contribution in [0.1, 0.15) is 18.9 Å². The molecule has 0 aliphatic carbocycles. The van der Waals surface area contributed by atoms with E-state index < -0.39 is 5.82 Å². The first-order valence-corrected chi connectivity index (χ1v) is 9.20. The van der Waals surface area contributed by atoms with Crippen molar-refractivity contribution < 1.29 is 9.13 Å². The molecule has 2 aromatic heterocycles. The molecule has 0 saturated carbocycles.